The van der Waals surface area contributed by atoms with Crippen LogP contribution in [0.15, 0.2) is 17.0 Å². The van der Waals surface area contributed by atoms with Gasteiger partial charge in [0.2, 0.25) is 0 Å². The van der Waals surface area contributed by atoms with E-state index in [1.807, 2.05) is 6.07 Å². The standard InChI is InChI=1S/C10H10ClNO3S/c1-2-9-7(5-12)3-4-8(6-13)10(9)16(11,14)15/h3-4,13H,2,6H2,1H3. The van der Waals surface area contributed by atoms with Gasteiger partial charge in [-0.25, -0.2) is 8.42 Å². The minimum atomic E-state index is -3.96. The molecule has 0 aliphatic rings. The number of aliphatic hydroxyl groups is 1. The average molecular weight is 260 g/mol. The van der Waals surface area contributed by atoms with Gasteiger partial charge in [-0.15, -0.1) is 0 Å². The van der Waals surface area contributed by atoms with Crippen molar-refractivity contribution in [2.24, 2.45) is 0 Å². The zero-order chi connectivity index (χ0) is 12.3. The van der Waals surface area contributed by atoms with Crippen molar-refractivity contribution < 1.29 is 13.5 Å². The topological polar surface area (TPSA) is 78.2 Å². The first kappa shape index (κ1) is 13.0. The van der Waals surface area contributed by atoms with E-state index >= 15 is 0 Å². The highest BCUT2D eigenvalue weighted by molar-refractivity contribution is 8.13. The van der Waals surface area contributed by atoms with E-state index in [0.29, 0.717) is 12.0 Å². The monoisotopic (exact) mass is 259 g/mol. The van der Waals surface area contributed by atoms with Gasteiger partial charge in [0.15, 0.2) is 0 Å². The third-order valence-electron chi connectivity index (χ3n) is 2.23. The molecule has 0 aliphatic heterocycles. The summed E-state index contributed by atoms with van der Waals surface area (Å²) in [5, 5.41) is 17.9. The molecule has 0 amide bonds. The summed E-state index contributed by atoms with van der Waals surface area (Å²) < 4.78 is 22.8. The number of hydrogen-bond acceptors (Lipinski definition) is 4. The van der Waals surface area contributed by atoms with Crippen molar-refractivity contribution in [3.63, 3.8) is 0 Å². The van der Waals surface area contributed by atoms with E-state index in [4.69, 9.17) is 21.1 Å². The molecule has 86 valence electrons. The average Bonchev–Trinajstić information content (AvgIpc) is 2.25. The third kappa shape index (κ3) is 2.35. The SMILES string of the molecule is CCc1c(C#N)ccc(CO)c1S(=O)(=O)Cl. The van der Waals surface area contributed by atoms with Crippen LogP contribution in [0.1, 0.15) is 23.6 Å². The van der Waals surface area contributed by atoms with Gasteiger partial charge < -0.3 is 5.11 Å². The highest BCUT2D eigenvalue weighted by atomic mass is 35.7. The Kier molecular flexibility index (Phi) is 3.92. The number of aliphatic hydroxyl groups excluding tert-OH is 1. The fourth-order valence-corrected chi connectivity index (χ4v) is 3.13. The summed E-state index contributed by atoms with van der Waals surface area (Å²) in [7, 11) is 1.35. The Morgan fingerprint density at radius 3 is 2.50 bits per heavy atom. The van der Waals surface area contributed by atoms with Crippen LogP contribution < -0.4 is 0 Å². The Hall–Kier alpha value is -1.09. The summed E-state index contributed by atoms with van der Waals surface area (Å²) in [5.74, 6) is 0. The van der Waals surface area contributed by atoms with E-state index in [2.05, 4.69) is 0 Å². The van der Waals surface area contributed by atoms with Gasteiger partial charge in [-0.3, -0.25) is 0 Å². The molecule has 0 bridgehead atoms. The van der Waals surface area contributed by atoms with Gasteiger partial charge in [-0.2, -0.15) is 5.26 Å². The van der Waals surface area contributed by atoms with E-state index in [1.54, 1.807) is 6.92 Å². The molecule has 1 aromatic carbocycles. The molecule has 0 unspecified atom stereocenters. The Labute approximate surface area is 98.5 Å². The van der Waals surface area contributed by atoms with Crippen LogP contribution in [-0.2, 0) is 22.1 Å². The summed E-state index contributed by atoms with van der Waals surface area (Å²) in [6, 6.07) is 4.78. The fraction of sp³-hybridized carbons (Fsp3) is 0.300. The molecule has 0 aliphatic carbocycles. The quantitative estimate of drug-likeness (QED) is 0.835. The second-order valence-electron chi connectivity index (χ2n) is 3.14. The van der Waals surface area contributed by atoms with E-state index in [0.717, 1.165) is 0 Å². The van der Waals surface area contributed by atoms with Crippen LogP contribution >= 0.6 is 10.7 Å². The number of rotatable bonds is 3. The molecule has 0 saturated heterocycles. The maximum atomic E-state index is 11.4. The van der Waals surface area contributed by atoms with E-state index in [1.165, 1.54) is 12.1 Å². The Balaban J connectivity index is 3.72. The second-order valence-corrected chi connectivity index (χ2v) is 5.64. The van der Waals surface area contributed by atoms with Gasteiger partial charge in [-0.1, -0.05) is 13.0 Å². The normalized spacial score (nSPS) is 11.1. The molecule has 1 aromatic rings. The maximum absolute atomic E-state index is 11.4. The molecular formula is C10H10ClNO3S. The van der Waals surface area contributed by atoms with Crippen molar-refractivity contribution >= 4 is 19.7 Å². The number of nitrogens with zero attached hydrogens (tertiary/aromatic N) is 1. The summed E-state index contributed by atoms with van der Waals surface area (Å²) in [4.78, 5) is -0.141. The molecule has 1 N–H and O–H groups in total. The van der Waals surface area contributed by atoms with Gasteiger partial charge in [-0.05, 0) is 23.6 Å². The summed E-state index contributed by atoms with van der Waals surface area (Å²) in [6.07, 6.45) is 0.359. The van der Waals surface area contributed by atoms with Crippen LogP contribution in [0.4, 0.5) is 0 Å². The molecular weight excluding hydrogens is 250 g/mol. The first-order valence-corrected chi connectivity index (χ1v) is 6.87. The maximum Gasteiger partial charge on any atom is 0.261 e. The Morgan fingerprint density at radius 1 is 1.50 bits per heavy atom. The van der Waals surface area contributed by atoms with Crippen molar-refractivity contribution in [2.45, 2.75) is 24.8 Å². The Bertz CT molecular complexity index is 546. The largest absolute Gasteiger partial charge is 0.392 e. The minimum absolute atomic E-state index is 0.141. The van der Waals surface area contributed by atoms with Crippen LogP contribution in [0.2, 0.25) is 0 Å². The third-order valence-corrected chi connectivity index (χ3v) is 3.69. The first-order valence-electron chi connectivity index (χ1n) is 4.56. The van der Waals surface area contributed by atoms with Crippen LogP contribution in [0.5, 0.6) is 0 Å². The molecule has 0 spiro atoms. The van der Waals surface area contributed by atoms with Crippen molar-refractivity contribution in [1.82, 2.24) is 0 Å². The molecule has 0 atom stereocenters. The van der Waals surface area contributed by atoms with Gasteiger partial charge in [0.05, 0.1) is 23.1 Å². The van der Waals surface area contributed by atoms with Crippen molar-refractivity contribution in [2.75, 3.05) is 0 Å². The molecule has 0 heterocycles. The number of nitriles is 1. The highest BCUT2D eigenvalue weighted by Gasteiger charge is 2.21. The zero-order valence-electron chi connectivity index (χ0n) is 8.57. The predicted molar refractivity (Wildman–Crippen MR) is 59.5 cm³/mol. The summed E-state index contributed by atoms with van der Waals surface area (Å²) >= 11 is 0. The van der Waals surface area contributed by atoms with Gasteiger partial charge >= 0.3 is 0 Å². The molecule has 6 heteroatoms. The molecule has 0 aromatic heterocycles. The van der Waals surface area contributed by atoms with Crippen molar-refractivity contribution in [3.05, 3.63) is 28.8 Å². The molecule has 0 saturated carbocycles. The highest BCUT2D eigenvalue weighted by Crippen LogP contribution is 2.27. The molecule has 0 radical (unpaired) electrons. The lowest BCUT2D eigenvalue weighted by atomic mass is 10.0. The zero-order valence-corrected chi connectivity index (χ0v) is 10.1. The van der Waals surface area contributed by atoms with Crippen LogP contribution in [-0.4, -0.2) is 13.5 Å². The first-order chi connectivity index (χ1) is 7.45. The lowest BCUT2D eigenvalue weighted by Crippen LogP contribution is -2.05. The lowest BCUT2D eigenvalue weighted by molar-refractivity contribution is 0.278. The van der Waals surface area contributed by atoms with Crippen LogP contribution in [0.3, 0.4) is 0 Å². The van der Waals surface area contributed by atoms with Crippen molar-refractivity contribution in [1.29, 1.82) is 5.26 Å². The number of benzene rings is 1. The van der Waals surface area contributed by atoms with E-state index < -0.39 is 15.7 Å². The van der Waals surface area contributed by atoms with Crippen molar-refractivity contribution in [3.8, 4) is 6.07 Å². The Morgan fingerprint density at radius 2 is 2.12 bits per heavy atom. The molecule has 16 heavy (non-hydrogen) atoms. The fourth-order valence-electron chi connectivity index (χ4n) is 1.56. The predicted octanol–water partition coefficient (Wildman–Crippen LogP) is 1.54. The molecule has 1 rings (SSSR count). The number of halogens is 1. The summed E-state index contributed by atoms with van der Waals surface area (Å²) in [6.45, 7) is 1.29. The van der Waals surface area contributed by atoms with Crippen LogP contribution in [0, 0.1) is 11.3 Å². The summed E-state index contributed by atoms with van der Waals surface area (Å²) in [5.41, 5.74) is 0.828. The minimum Gasteiger partial charge on any atom is -0.392 e. The van der Waals surface area contributed by atoms with Gasteiger partial charge in [0.25, 0.3) is 9.05 Å². The van der Waals surface area contributed by atoms with Crippen LogP contribution in [0.25, 0.3) is 0 Å². The molecule has 4 nitrogen and oxygen atoms in total. The smallest absolute Gasteiger partial charge is 0.261 e. The van der Waals surface area contributed by atoms with E-state index in [9.17, 15) is 8.42 Å². The second kappa shape index (κ2) is 4.83. The number of hydrogen-bond donors (Lipinski definition) is 1. The van der Waals surface area contributed by atoms with E-state index in [-0.39, 0.29) is 16.0 Å². The van der Waals surface area contributed by atoms with Gasteiger partial charge in [0.1, 0.15) is 0 Å². The lowest BCUT2D eigenvalue weighted by Gasteiger charge is -2.10. The molecule has 0 fully saturated rings. The van der Waals surface area contributed by atoms with Gasteiger partial charge in [0, 0.05) is 10.7 Å².